The summed E-state index contributed by atoms with van der Waals surface area (Å²) in [6, 6.07) is 5.40. The lowest BCUT2D eigenvalue weighted by Gasteiger charge is -2.10. The number of nitrogens with one attached hydrogen (secondary N) is 1. The van der Waals surface area contributed by atoms with Gasteiger partial charge in [0.25, 0.3) is 0 Å². The molecule has 0 aromatic heterocycles. The fourth-order valence-electron chi connectivity index (χ4n) is 2.23. The second-order valence-corrected chi connectivity index (χ2v) is 5.19. The Hall–Kier alpha value is -1.53. The molecule has 4 heteroatoms. The molecule has 3 nitrogen and oxygen atoms in total. The molecule has 0 bridgehead atoms. The molecule has 1 fully saturated rings. The zero-order valence-electron chi connectivity index (χ0n) is 10.5. The molecule has 0 heterocycles. The number of amides is 1. The highest BCUT2D eigenvalue weighted by molar-refractivity contribution is 6.31. The van der Waals surface area contributed by atoms with Crippen LogP contribution in [-0.4, -0.2) is 5.91 Å². The standard InChI is InChI=1S/C14H15ClN2O/c1-3-9-6-12(9)14(18)17-13-8(2)4-11(15)5-10(13)7-16/h4-5,9,12H,3,6H2,1-2H3,(H,17,18). The van der Waals surface area contributed by atoms with Gasteiger partial charge in [-0.05, 0) is 37.0 Å². The molecule has 1 aromatic carbocycles. The van der Waals surface area contributed by atoms with Crippen molar-refractivity contribution in [2.75, 3.05) is 5.32 Å². The molecule has 0 radical (unpaired) electrons. The minimum atomic E-state index is 0.0174. The quantitative estimate of drug-likeness (QED) is 0.906. The molecule has 1 amide bonds. The van der Waals surface area contributed by atoms with E-state index in [-0.39, 0.29) is 11.8 Å². The predicted octanol–water partition coefficient (Wildman–Crippen LogP) is 3.50. The lowest BCUT2D eigenvalue weighted by molar-refractivity contribution is -0.117. The molecule has 1 saturated carbocycles. The normalized spacial score (nSPS) is 21.2. The van der Waals surface area contributed by atoms with Gasteiger partial charge in [0.2, 0.25) is 5.91 Å². The number of hydrogen-bond donors (Lipinski definition) is 1. The molecule has 0 saturated heterocycles. The van der Waals surface area contributed by atoms with E-state index >= 15 is 0 Å². The van der Waals surface area contributed by atoms with Crippen LogP contribution in [0.2, 0.25) is 5.02 Å². The molecule has 2 rings (SSSR count). The van der Waals surface area contributed by atoms with E-state index in [4.69, 9.17) is 16.9 Å². The second kappa shape index (κ2) is 4.99. The number of aryl methyl sites for hydroxylation is 1. The van der Waals surface area contributed by atoms with E-state index in [2.05, 4.69) is 18.3 Å². The molecule has 1 aromatic rings. The van der Waals surface area contributed by atoms with Gasteiger partial charge >= 0.3 is 0 Å². The molecule has 1 aliphatic carbocycles. The van der Waals surface area contributed by atoms with Gasteiger partial charge in [0.15, 0.2) is 0 Å². The summed E-state index contributed by atoms with van der Waals surface area (Å²) in [5, 5.41) is 12.4. The lowest BCUT2D eigenvalue weighted by Crippen LogP contribution is -2.16. The monoisotopic (exact) mass is 262 g/mol. The second-order valence-electron chi connectivity index (χ2n) is 4.76. The topological polar surface area (TPSA) is 52.9 Å². The third-order valence-corrected chi connectivity index (χ3v) is 3.67. The first-order chi connectivity index (χ1) is 8.56. The number of nitriles is 1. The number of benzene rings is 1. The molecule has 2 atom stereocenters. The van der Waals surface area contributed by atoms with E-state index in [0.29, 0.717) is 22.2 Å². The van der Waals surface area contributed by atoms with Crippen LogP contribution in [0.1, 0.15) is 30.9 Å². The Balaban J connectivity index is 2.19. The van der Waals surface area contributed by atoms with Crippen LogP contribution in [-0.2, 0) is 4.79 Å². The van der Waals surface area contributed by atoms with Gasteiger partial charge in [-0.1, -0.05) is 24.9 Å². The van der Waals surface area contributed by atoms with Crippen molar-refractivity contribution in [2.45, 2.75) is 26.7 Å². The summed E-state index contributed by atoms with van der Waals surface area (Å²) in [4.78, 5) is 12.0. The van der Waals surface area contributed by atoms with Gasteiger partial charge in [-0.25, -0.2) is 0 Å². The van der Waals surface area contributed by atoms with E-state index in [1.54, 1.807) is 12.1 Å². The first kappa shape index (κ1) is 12.9. The van der Waals surface area contributed by atoms with Crippen molar-refractivity contribution >= 4 is 23.2 Å². The zero-order valence-corrected chi connectivity index (χ0v) is 11.2. The molecular formula is C14H15ClN2O. The van der Waals surface area contributed by atoms with Crippen LogP contribution in [0.4, 0.5) is 5.69 Å². The molecule has 94 valence electrons. The Morgan fingerprint density at radius 1 is 1.61 bits per heavy atom. The van der Waals surface area contributed by atoms with Crippen molar-refractivity contribution in [2.24, 2.45) is 11.8 Å². The average molecular weight is 263 g/mol. The van der Waals surface area contributed by atoms with Gasteiger partial charge in [-0.2, -0.15) is 5.26 Å². The minimum absolute atomic E-state index is 0.0174. The summed E-state index contributed by atoms with van der Waals surface area (Å²) in [5.74, 6) is 0.628. The number of halogens is 1. The first-order valence-electron chi connectivity index (χ1n) is 6.08. The maximum Gasteiger partial charge on any atom is 0.227 e. The van der Waals surface area contributed by atoms with Crippen LogP contribution in [0.3, 0.4) is 0 Å². The molecule has 0 spiro atoms. The van der Waals surface area contributed by atoms with Gasteiger partial charge < -0.3 is 5.32 Å². The van der Waals surface area contributed by atoms with E-state index in [1.807, 2.05) is 6.92 Å². The maximum absolute atomic E-state index is 12.0. The summed E-state index contributed by atoms with van der Waals surface area (Å²) < 4.78 is 0. The van der Waals surface area contributed by atoms with E-state index in [1.165, 1.54) is 0 Å². The molecule has 0 aliphatic heterocycles. The highest BCUT2D eigenvalue weighted by atomic mass is 35.5. The van der Waals surface area contributed by atoms with Crippen LogP contribution >= 0.6 is 11.6 Å². The fourth-order valence-corrected chi connectivity index (χ4v) is 2.51. The highest BCUT2D eigenvalue weighted by Crippen LogP contribution is 2.42. The molecular weight excluding hydrogens is 248 g/mol. The smallest absolute Gasteiger partial charge is 0.227 e. The van der Waals surface area contributed by atoms with Crippen LogP contribution in [0.15, 0.2) is 12.1 Å². The summed E-state index contributed by atoms with van der Waals surface area (Å²) in [6.07, 6.45) is 1.99. The van der Waals surface area contributed by atoms with Crippen molar-refractivity contribution in [1.29, 1.82) is 5.26 Å². The van der Waals surface area contributed by atoms with Crippen LogP contribution in [0.5, 0.6) is 0 Å². The number of carbonyl (C=O) groups is 1. The number of anilines is 1. The Morgan fingerprint density at radius 3 is 2.89 bits per heavy atom. The van der Waals surface area contributed by atoms with Gasteiger partial charge in [-0.3, -0.25) is 4.79 Å². The summed E-state index contributed by atoms with van der Waals surface area (Å²) in [5.41, 5.74) is 1.83. The Labute approximate surface area is 112 Å². The van der Waals surface area contributed by atoms with Crippen LogP contribution < -0.4 is 5.32 Å². The van der Waals surface area contributed by atoms with E-state index in [0.717, 1.165) is 18.4 Å². The van der Waals surface area contributed by atoms with E-state index in [9.17, 15) is 4.79 Å². The Bertz CT molecular complexity index is 533. The van der Waals surface area contributed by atoms with Gasteiger partial charge in [-0.15, -0.1) is 0 Å². The van der Waals surface area contributed by atoms with Crippen LogP contribution in [0, 0.1) is 30.1 Å². The van der Waals surface area contributed by atoms with E-state index < -0.39 is 0 Å². The van der Waals surface area contributed by atoms with Crippen molar-refractivity contribution < 1.29 is 4.79 Å². The SMILES string of the molecule is CCC1CC1C(=O)Nc1c(C)cc(Cl)cc1C#N. The molecule has 18 heavy (non-hydrogen) atoms. The van der Waals surface area contributed by atoms with Gasteiger partial charge in [0.05, 0.1) is 11.3 Å². The largest absolute Gasteiger partial charge is 0.324 e. The van der Waals surface area contributed by atoms with Crippen molar-refractivity contribution in [1.82, 2.24) is 0 Å². The van der Waals surface area contributed by atoms with Gasteiger partial charge in [0.1, 0.15) is 6.07 Å². The number of carbonyl (C=O) groups excluding carboxylic acids is 1. The molecule has 2 unspecified atom stereocenters. The first-order valence-corrected chi connectivity index (χ1v) is 6.45. The summed E-state index contributed by atoms with van der Waals surface area (Å²) >= 11 is 5.89. The Morgan fingerprint density at radius 2 is 2.33 bits per heavy atom. The minimum Gasteiger partial charge on any atom is -0.324 e. The number of hydrogen-bond acceptors (Lipinski definition) is 2. The molecule has 1 aliphatic rings. The maximum atomic E-state index is 12.0. The van der Waals surface area contributed by atoms with Crippen molar-refractivity contribution in [3.63, 3.8) is 0 Å². The zero-order chi connectivity index (χ0) is 13.3. The van der Waals surface area contributed by atoms with Crippen molar-refractivity contribution in [3.05, 3.63) is 28.3 Å². The van der Waals surface area contributed by atoms with Crippen LogP contribution in [0.25, 0.3) is 0 Å². The average Bonchev–Trinajstić information content (AvgIpc) is 3.11. The van der Waals surface area contributed by atoms with Crippen molar-refractivity contribution in [3.8, 4) is 6.07 Å². The summed E-state index contributed by atoms with van der Waals surface area (Å²) in [6.45, 7) is 3.93. The highest BCUT2D eigenvalue weighted by Gasteiger charge is 2.41. The fraction of sp³-hybridized carbons (Fsp3) is 0.429. The number of nitrogens with zero attached hydrogens (tertiary/aromatic N) is 1. The van der Waals surface area contributed by atoms with Gasteiger partial charge in [0, 0.05) is 10.9 Å². The summed E-state index contributed by atoms with van der Waals surface area (Å²) in [7, 11) is 0. The molecule has 1 N–H and O–H groups in total. The number of rotatable bonds is 3. The predicted molar refractivity (Wildman–Crippen MR) is 71.4 cm³/mol. The third-order valence-electron chi connectivity index (χ3n) is 3.45. The lowest BCUT2D eigenvalue weighted by atomic mass is 10.1. The third kappa shape index (κ3) is 2.49. The Kier molecular flexibility index (Phi) is 3.58.